The lowest BCUT2D eigenvalue weighted by atomic mass is 10.1. The molecule has 1 rings (SSSR count). The van der Waals surface area contributed by atoms with Gasteiger partial charge >= 0.3 is 5.97 Å². The molecular formula is C12H14N2O2. The average Bonchev–Trinajstić information content (AvgIpc) is 2.62. The van der Waals surface area contributed by atoms with Crippen LogP contribution in [0.1, 0.15) is 23.1 Å². The number of carboxylic acid groups (broad SMARTS) is 1. The SMILES string of the molecule is C=C/C=C\C(=C/C)c1cc(C(=O)O)n(C)n1. The van der Waals surface area contributed by atoms with Gasteiger partial charge in [-0.3, -0.25) is 4.68 Å². The number of hydrogen-bond donors (Lipinski definition) is 1. The van der Waals surface area contributed by atoms with Crippen molar-refractivity contribution in [3.05, 3.63) is 48.3 Å². The van der Waals surface area contributed by atoms with Crippen LogP contribution < -0.4 is 0 Å². The Morgan fingerprint density at radius 2 is 2.31 bits per heavy atom. The van der Waals surface area contributed by atoms with E-state index in [1.807, 2.05) is 19.1 Å². The highest BCUT2D eigenvalue weighted by Gasteiger charge is 2.12. The molecule has 1 aromatic heterocycles. The van der Waals surface area contributed by atoms with Crippen molar-refractivity contribution in [1.82, 2.24) is 9.78 Å². The van der Waals surface area contributed by atoms with E-state index in [9.17, 15) is 4.79 Å². The van der Waals surface area contributed by atoms with Crippen molar-refractivity contribution in [1.29, 1.82) is 0 Å². The van der Waals surface area contributed by atoms with E-state index in [1.165, 1.54) is 4.68 Å². The number of rotatable bonds is 4. The molecule has 0 atom stereocenters. The molecule has 4 nitrogen and oxygen atoms in total. The number of allylic oxidation sites excluding steroid dienone is 5. The van der Waals surface area contributed by atoms with Crippen LogP contribution in [0.3, 0.4) is 0 Å². The van der Waals surface area contributed by atoms with Gasteiger partial charge in [-0.2, -0.15) is 5.10 Å². The summed E-state index contributed by atoms with van der Waals surface area (Å²) in [6, 6.07) is 1.55. The van der Waals surface area contributed by atoms with Crippen molar-refractivity contribution >= 4 is 11.5 Å². The van der Waals surface area contributed by atoms with E-state index < -0.39 is 5.97 Å². The van der Waals surface area contributed by atoms with Crippen LogP contribution in [-0.2, 0) is 7.05 Å². The van der Waals surface area contributed by atoms with Gasteiger partial charge in [-0.25, -0.2) is 4.79 Å². The summed E-state index contributed by atoms with van der Waals surface area (Å²) in [5, 5.41) is 13.0. The van der Waals surface area contributed by atoms with Gasteiger partial charge < -0.3 is 5.11 Å². The molecule has 0 bridgehead atoms. The minimum atomic E-state index is -0.982. The van der Waals surface area contributed by atoms with Crippen LogP contribution in [0.25, 0.3) is 5.57 Å². The standard InChI is InChI=1S/C12H14N2O2/c1-4-6-7-9(5-2)10-8-11(12(15)16)14(3)13-10/h4-8H,1H2,2-3H3,(H,15,16)/b7-6-,9-5+. The number of nitrogens with zero attached hydrogens (tertiary/aromatic N) is 2. The second kappa shape index (κ2) is 5.11. The lowest BCUT2D eigenvalue weighted by molar-refractivity contribution is 0.0685. The smallest absolute Gasteiger partial charge is 0.354 e. The van der Waals surface area contributed by atoms with Crippen molar-refractivity contribution < 1.29 is 9.90 Å². The summed E-state index contributed by atoms with van der Waals surface area (Å²) in [5.41, 5.74) is 1.67. The molecule has 0 aliphatic carbocycles. The van der Waals surface area contributed by atoms with Crippen LogP contribution in [-0.4, -0.2) is 20.9 Å². The van der Waals surface area contributed by atoms with Gasteiger partial charge in [0.1, 0.15) is 5.69 Å². The maximum absolute atomic E-state index is 10.8. The topological polar surface area (TPSA) is 55.1 Å². The fourth-order valence-corrected chi connectivity index (χ4v) is 1.31. The first-order chi connectivity index (χ1) is 7.60. The molecule has 0 aliphatic heterocycles. The monoisotopic (exact) mass is 218 g/mol. The molecule has 0 fully saturated rings. The van der Waals surface area contributed by atoms with Crippen molar-refractivity contribution in [2.24, 2.45) is 7.05 Å². The first-order valence-corrected chi connectivity index (χ1v) is 4.83. The van der Waals surface area contributed by atoms with Gasteiger partial charge in [-0.15, -0.1) is 0 Å². The van der Waals surface area contributed by atoms with Gasteiger partial charge in [-0.05, 0) is 18.6 Å². The van der Waals surface area contributed by atoms with Crippen molar-refractivity contribution in [3.63, 3.8) is 0 Å². The average molecular weight is 218 g/mol. The van der Waals surface area contributed by atoms with Crippen molar-refractivity contribution in [2.45, 2.75) is 6.92 Å². The van der Waals surface area contributed by atoms with E-state index >= 15 is 0 Å². The molecule has 1 N–H and O–H groups in total. The summed E-state index contributed by atoms with van der Waals surface area (Å²) in [4.78, 5) is 10.8. The molecular weight excluding hydrogens is 204 g/mol. The number of carboxylic acids is 1. The van der Waals surface area contributed by atoms with Crippen LogP contribution in [0.5, 0.6) is 0 Å². The van der Waals surface area contributed by atoms with Gasteiger partial charge in [-0.1, -0.05) is 30.9 Å². The van der Waals surface area contributed by atoms with Gasteiger partial charge in [0.25, 0.3) is 0 Å². The Balaban J connectivity index is 3.13. The molecule has 16 heavy (non-hydrogen) atoms. The first-order valence-electron chi connectivity index (χ1n) is 4.83. The highest BCUT2D eigenvalue weighted by molar-refractivity contribution is 5.87. The summed E-state index contributed by atoms with van der Waals surface area (Å²) in [7, 11) is 1.61. The summed E-state index contributed by atoms with van der Waals surface area (Å²) in [6.45, 7) is 5.45. The van der Waals surface area contributed by atoms with Crippen LogP contribution in [0.2, 0.25) is 0 Å². The van der Waals surface area contributed by atoms with Gasteiger partial charge in [0, 0.05) is 7.05 Å². The van der Waals surface area contributed by atoms with E-state index in [4.69, 9.17) is 5.11 Å². The number of aryl methyl sites for hydroxylation is 1. The van der Waals surface area contributed by atoms with Crippen LogP contribution in [0.4, 0.5) is 0 Å². The normalized spacial score (nSPS) is 12.0. The largest absolute Gasteiger partial charge is 0.477 e. The molecule has 0 aromatic carbocycles. The van der Waals surface area contributed by atoms with Gasteiger partial charge in [0.2, 0.25) is 0 Å². The molecule has 1 heterocycles. The van der Waals surface area contributed by atoms with Gasteiger partial charge in [0.05, 0.1) is 5.69 Å². The molecule has 1 aromatic rings. The van der Waals surface area contributed by atoms with Crippen LogP contribution in [0.15, 0.2) is 36.9 Å². The molecule has 84 valence electrons. The lowest BCUT2D eigenvalue weighted by Crippen LogP contribution is -2.04. The van der Waals surface area contributed by atoms with Crippen LogP contribution >= 0.6 is 0 Å². The van der Waals surface area contributed by atoms with Gasteiger partial charge in [0.15, 0.2) is 0 Å². The minimum absolute atomic E-state index is 0.168. The predicted molar refractivity (Wildman–Crippen MR) is 63.2 cm³/mol. The Morgan fingerprint density at radius 3 is 2.75 bits per heavy atom. The van der Waals surface area contributed by atoms with E-state index in [2.05, 4.69) is 11.7 Å². The second-order valence-electron chi connectivity index (χ2n) is 3.18. The molecule has 0 radical (unpaired) electrons. The zero-order valence-electron chi connectivity index (χ0n) is 9.34. The summed E-state index contributed by atoms with van der Waals surface area (Å²) in [5.74, 6) is -0.982. The number of aromatic nitrogens is 2. The number of aromatic carboxylic acids is 1. The Hall–Kier alpha value is -2.10. The van der Waals surface area contributed by atoms with E-state index in [-0.39, 0.29) is 5.69 Å². The fraction of sp³-hybridized carbons (Fsp3) is 0.167. The Kier molecular flexibility index (Phi) is 3.83. The van der Waals surface area contributed by atoms with Crippen LogP contribution in [0, 0.1) is 0 Å². The lowest BCUT2D eigenvalue weighted by Gasteiger charge is -1.94. The molecule has 4 heteroatoms. The molecule has 0 saturated carbocycles. The predicted octanol–water partition coefficient (Wildman–Crippen LogP) is 2.26. The van der Waals surface area contributed by atoms with E-state index in [1.54, 1.807) is 25.3 Å². The Labute approximate surface area is 94.2 Å². The first kappa shape index (κ1) is 12.0. The van der Waals surface area contributed by atoms with Crippen molar-refractivity contribution in [3.8, 4) is 0 Å². The molecule has 0 spiro atoms. The number of hydrogen-bond acceptors (Lipinski definition) is 2. The highest BCUT2D eigenvalue weighted by Crippen LogP contribution is 2.15. The summed E-state index contributed by atoms with van der Waals surface area (Å²) in [6.07, 6.45) is 7.14. The minimum Gasteiger partial charge on any atom is -0.477 e. The molecule has 0 unspecified atom stereocenters. The molecule has 0 aliphatic rings. The zero-order valence-corrected chi connectivity index (χ0v) is 9.34. The highest BCUT2D eigenvalue weighted by atomic mass is 16.4. The third-order valence-electron chi connectivity index (χ3n) is 2.12. The molecule has 0 saturated heterocycles. The quantitative estimate of drug-likeness (QED) is 0.789. The van der Waals surface area contributed by atoms with Crippen molar-refractivity contribution in [2.75, 3.05) is 0 Å². The third kappa shape index (κ3) is 2.48. The maximum Gasteiger partial charge on any atom is 0.354 e. The van der Waals surface area contributed by atoms with E-state index in [0.29, 0.717) is 5.69 Å². The third-order valence-corrected chi connectivity index (χ3v) is 2.12. The summed E-state index contributed by atoms with van der Waals surface area (Å²) >= 11 is 0. The Bertz CT molecular complexity index is 467. The maximum atomic E-state index is 10.8. The zero-order chi connectivity index (χ0) is 12.1. The summed E-state index contributed by atoms with van der Waals surface area (Å²) < 4.78 is 1.35. The Morgan fingerprint density at radius 1 is 1.62 bits per heavy atom. The fourth-order valence-electron chi connectivity index (χ4n) is 1.31. The second-order valence-corrected chi connectivity index (χ2v) is 3.18. The van der Waals surface area contributed by atoms with E-state index in [0.717, 1.165) is 5.57 Å². The number of carbonyl (C=O) groups is 1. The molecule has 0 amide bonds.